The van der Waals surface area contributed by atoms with Gasteiger partial charge in [-0.3, -0.25) is 14.4 Å². The summed E-state index contributed by atoms with van der Waals surface area (Å²) in [5.41, 5.74) is 3.33. The molecule has 1 atom stereocenters. The number of carbonyl (C=O) groups is 3. The van der Waals surface area contributed by atoms with Crippen LogP contribution in [0.25, 0.3) is 0 Å². The van der Waals surface area contributed by atoms with Crippen LogP contribution < -0.4 is 20.3 Å². The van der Waals surface area contributed by atoms with Gasteiger partial charge in [-0.15, -0.1) is 0 Å². The van der Waals surface area contributed by atoms with Crippen molar-refractivity contribution in [1.82, 2.24) is 5.32 Å². The van der Waals surface area contributed by atoms with E-state index in [1.54, 1.807) is 24.0 Å². The molecule has 2 aromatic rings. The van der Waals surface area contributed by atoms with Gasteiger partial charge >= 0.3 is 0 Å². The van der Waals surface area contributed by atoms with E-state index in [2.05, 4.69) is 10.6 Å². The second kappa shape index (κ2) is 8.77. The predicted octanol–water partition coefficient (Wildman–Crippen LogP) is 2.56. The number of nitrogens with zero attached hydrogens (tertiary/aromatic N) is 1. The molecule has 152 valence electrons. The SMILES string of the molecule is Cc1cccc(C)c1NC(=O)CNC(=O)CCN1C(=O)C(C)Oc2ccccc21. The van der Waals surface area contributed by atoms with Crippen molar-refractivity contribution >= 4 is 29.1 Å². The number of carbonyl (C=O) groups excluding carboxylic acids is 3. The second-order valence-electron chi connectivity index (χ2n) is 7.06. The number of nitrogens with one attached hydrogen (secondary N) is 2. The summed E-state index contributed by atoms with van der Waals surface area (Å²) in [5, 5.41) is 5.44. The highest BCUT2D eigenvalue weighted by molar-refractivity contribution is 6.00. The number of aryl methyl sites for hydroxylation is 2. The lowest BCUT2D eigenvalue weighted by molar-refractivity contribution is -0.126. The van der Waals surface area contributed by atoms with E-state index in [1.807, 2.05) is 44.2 Å². The molecular weight excluding hydrogens is 370 g/mol. The lowest BCUT2D eigenvalue weighted by atomic mass is 10.1. The van der Waals surface area contributed by atoms with Gasteiger partial charge in [-0.1, -0.05) is 30.3 Å². The molecule has 2 N–H and O–H groups in total. The number of para-hydroxylation sites is 3. The molecule has 0 saturated carbocycles. The van der Waals surface area contributed by atoms with Crippen LogP contribution in [0.3, 0.4) is 0 Å². The first-order valence-corrected chi connectivity index (χ1v) is 9.56. The maximum Gasteiger partial charge on any atom is 0.267 e. The largest absolute Gasteiger partial charge is 0.479 e. The number of amides is 3. The van der Waals surface area contributed by atoms with Gasteiger partial charge in [0, 0.05) is 18.7 Å². The molecule has 3 amide bonds. The molecular formula is C22H25N3O4. The van der Waals surface area contributed by atoms with Gasteiger partial charge in [0.2, 0.25) is 11.8 Å². The highest BCUT2D eigenvalue weighted by Gasteiger charge is 2.31. The lowest BCUT2D eigenvalue weighted by Gasteiger charge is -2.32. The van der Waals surface area contributed by atoms with Crippen LogP contribution in [0.5, 0.6) is 5.75 Å². The van der Waals surface area contributed by atoms with Crippen molar-refractivity contribution in [3.63, 3.8) is 0 Å². The van der Waals surface area contributed by atoms with Crippen molar-refractivity contribution in [2.24, 2.45) is 0 Å². The zero-order valence-corrected chi connectivity index (χ0v) is 16.8. The minimum atomic E-state index is -0.601. The van der Waals surface area contributed by atoms with Crippen molar-refractivity contribution in [1.29, 1.82) is 0 Å². The molecule has 1 aliphatic heterocycles. The molecule has 29 heavy (non-hydrogen) atoms. The molecule has 7 heteroatoms. The van der Waals surface area contributed by atoms with Gasteiger partial charge in [-0.2, -0.15) is 0 Å². The quantitative estimate of drug-likeness (QED) is 0.787. The predicted molar refractivity (Wildman–Crippen MR) is 111 cm³/mol. The first kappa shape index (κ1) is 20.4. The molecule has 0 aliphatic carbocycles. The summed E-state index contributed by atoms with van der Waals surface area (Å²) in [5.74, 6) is -0.166. The monoisotopic (exact) mass is 395 g/mol. The standard InChI is InChI=1S/C22H25N3O4/c1-14-7-6-8-15(2)21(14)24-20(27)13-23-19(26)11-12-25-17-9-4-5-10-18(17)29-16(3)22(25)28/h4-10,16H,11-13H2,1-3H3,(H,23,26)(H,24,27). The van der Waals surface area contributed by atoms with E-state index in [0.29, 0.717) is 11.4 Å². The second-order valence-corrected chi connectivity index (χ2v) is 7.06. The number of benzene rings is 2. The third kappa shape index (κ3) is 4.74. The Morgan fingerprint density at radius 2 is 1.72 bits per heavy atom. The van der Waals surface area contributed by atoms with Gasteiger partial charge in [-0.05, 0) is 44.0 Å². The summed E-state index contributed by atoms with van der Waals surface area (Å²) in [6, 6.07) is 13.0. The van der Waals surface area contributed by atoms with Gasteiger partial charge in [0.15, 0.2) is 6.10 Å². The molecule has 0 spiro atoms. The zero-order chi connectivity index (χ0) is 21.0. The maximum absolute atomic E-state index is 12.4. The van der Waals surface area contributed by atoms with E-state index in [9.17, 15) is 14.4 Å². The van der Waals surface area contributed by atoms with Crippen LogP contribution in [0.2, 0.25) is 0 Å². The van der Waals surface area contributed by atoms with Gasteiger partial charge in [0.05, 0.1) is 12.2 Å². The van der Waals surface area contributed by atoms with Crippen LogP contribution in [0, 0.1) is 13.8 Å². The van der Waals surface area contributed by atoms with Crippen molar-refractivity contribution in [2.45, 2.75) is 33.3 Å². The van der Waals surface area contributed by atoms with Gasteiger partial charge in [0.1, 0.15) is 5.75 Å². The zero-order valence-electron chi connectivity index (χ0n) is 16.8. The van der Waals surface area contributed by atoms with Crippen molar-refractivity contribution < 1.29 is 19.1 Å². The molecule has 7 nitrogen and oxygen atoms in total. The topological polar surface area (TPSA) is 87.7 Å². The fraction of sp³-hybridized carbons (Fsp3) is 0.318. The number of hydrogen-bond acceptors (Lipinski definition) is 4. The summed E-state index contributed by atoms with van der Waals surface area (Å²) in [6.45, 7) is 5.60. The molecule has 1 unspecified atom stereocenters. The molecule has 0 radical (unpaired) electrons. The molecule has 2 aromatic carbocycles. The van der Waals surface area contributed by atoms with E-state index in [1.165, 1.54) is 0 Å². The Morgan fingerprint density at radius 1 is 1.03 bits per heavy atom. The summed E-state index contributed by atoms with van der Waals surface area (Å²) in [7, 11) is 0. The molecule has 3 rings (SSSR count). The van der Waals surface area contributed by atoms with Gasteiger partial charge < -0.3 is 20.3 Å². The van der Waals surface area contributed by atoms with Crippen molar-refractivity contribution in [3.05, 3.63) is 53.6 Å². The molecule has 0 bridgehead atoms. The van der Waals surface area contributed by atoms with E-state index >= 15 is 0 Å². The molecule has 1 heterocycles. The van der Waals surface area contributed by atoms with Crippen LogP contribution >= 0.6 is 0 Å². The number of anilines is 2. The van der Waals surface area contributed by atoms with E-state index in [0.717, 1.165) is 16.8 Å². The van der Waals surface area contributed by atoms with Crippen molar-refractivity contribution in [2.75, 3.05) is 23.3 Å². The Balaban J connectivity index is 1.53. The Kier molecular flexibility index (Phi) is 6.16. The van der Waals surface area contributed by atoms with Gasteiger partial charge in [0.25, 0.3) is 5.91 Å². The fourth-order valence-corrected chi connectivity index (χ4v) is 3.27. The van der Waals surface area contributed by atoms with E-state index in [-0.39, 0.29) is 37.2 Å². The summed E-state index contributed by atoms with van der Waals surface area (Å²) >= 11 is 0. The first-order chi connectivity index (χ1) is 13.9. The first-order valence-electron chi connectivity index (χ1n) is 9.56. The molecule has 0 saturated heterocycles. The summed E-state index contributed by atoms with van der Waals surface area (Å²) in [6.07, 6.45) is -0.514. The number of fused-ring (bicyclic) bond motifs is 1. The molecule has 1 aliphatic rings. The lowest BCUT2D eigenvalue weighted by Crippen LogP contribution is -2.46. The highest BCUT2D eigenvalue weighted by Crippen LogP contribution is 2.33. The minimum Gasteiger partial charge on any atom is -0.479 e. The third-order valence-electron chi connectivity index (χ3n) is 4.83. The molecule has 0 fully saturated rings. The van der Waals surface area contributed by atoms with Crippen LogP contribution in [0.4, 0.5) is 11.4 Å². The summed E-state index contributed by atoms with van der Waals surface area (Å²) < 4.78 is 5.59. The number of ether oxygens (including phenoxy) is 1. The molecule has 0 aromatic heterocycles. The maximum atomic E-state index is 12.4. The van der Waals surface area contributed by atoms with Crippen molar-refractivity contribution in [3.8, 4) is 5.75 Å². The van der Waals surface area contributed by atoms with Crippen LogP contribution in [0.15, 0.2) is 42.5 Å². The third-order valence-corrected chi connectivity index (χ3v) is 4.83. The van der Waals surface area contributed by atoms with Crippen LogP contribution in [-0.2, 0) is 14.4 Å². The Morgan fingerprint density at radius 3 is 2.45 bits per heavy atom. The van der Waals surface area contributed by atoms with Gasteiger partial charge in [-0.25, -0.2) is 0 Å². The normalized spacial score (nSPS) is 15.3. The number of hydrogen-bond donors (Lipinski definition) is 2. The average Bonchev–Trinajstić information content (AvgIpc) is 2.69. The van der Waals surface area contributed by atoms with Crippen LogP contribution in [-0.4, -0.2) is 36.9 Å². The average molecular weight is 395 g/mol. The van der Waals surface area contributed by atoms with E-state index in [4.69, 9.17) is 4.74 Å². The smallest absolute Gasteiger partial charge is 0.267 e. The highest BCUT2D eigenvalue weighted by atomic mass is 16.5. The minimum absolute atomic E-state index is 0.0868. The van der Waals surface area contributed by atoms with E-state index < -0.39 is 6.10 Å². The fourth-order valence-electron chi connectivity index (χ4n) is 3.27. The Bertz CT molecular complexity index is 921. The summed E-state index contributed by atoms with van der Waals surface area (Å²) in [4.78, 5) is 38.4. The Labute approximate surface area is 170 Å². The number of rotatable bonds is 6. The van der Waals surface area contributed by atoms with Crippen LogP contribution in [0.1, 0.15) is 24.5 Å². The Hall–Kier alpha value is -3.35.